The highest BCUT2D eigenvalue weighted by atomic mass is 32.2. The van der Waals surface area contributed by atoms with E-state index < -0.39 is 11.1 Å². The summed E-state index contributed by atoms with van der Waals surface area (Å²) in [5.74, 6) is -0.0608. The molecule has 0 spiro atoms. The molecule has 0 aliphatic rings. The van der Waals surface area contributed by atoms with Crippen molar-refractivity contribution in [2.45, 2.75) is 12.7 Å². The van der Waals surface area contributed by atoms with Crippen LogP contribution in [0.1, 0.15) is 11.4 Å². The summed E-state index contributed by atoms with van der Waals surface area (Å²) in [4.78, 5) is 7.76. The minimum absolute atomic E-state index is 0.0608. The van der Waals surface area contributed by atoms with Gasteiger partial charge in [-0.3, -0.25) is 14.2 Å². The molecule has 11 heavy (non-hydrogen) atoms. The van der Waals surface area contributed by atoms with Crippen molar-refractivity contribution in [3.8, 4) is 0 Å². The number of hydrogen-bond acceptors (Lipinski definition) is 4. The third-order valence-corrected chi connectivity index (χ3v) is 1.60. The maximum absolute atomic E-state index is 10.2. The van der Waals surface area contributed by atoms with Crippen molar-refractivity contribution in [3.05, 3.63) is 23.8 Å². The monoisotopic (exact) mass is 171 g/mol. The molecule has 0 saturated carbocycles. The highest BCUT2D eigenvalue weighted by Gasteiger charge is 1.94. The van der Waals surface area contributed by atoms with Crippen LogP contribution in [0.5, 0.6) is 0 Å². The van der Waals surface area contributed by atoms with E-state index in [1.165, 1.54) is 6.20 Å². The third-order valence-electron chi connectivity index (χ3n) is 1.07. The number of rotatable bonds is 2. The summed E-state index contributed by atoms with van der Waals surface area (Å²) in [6, 6.07) is 0. The van der Waals surface area contributed by atoms with Crippen LogP contribution in [0, 0.1) is 6.92 Å². The Morgan fingerprint density at radius 3 is 2.91 bits per heavy atom. The molecule has 0 aliphatic carbocycles. The van der Waals surface area contributed by atoms with E-state index in [1.807, 2.05) is 0 Å². The van der Waals surface area contributed by atoms with Crippen LogP contribution in [0.15, 0.2) is 12.4 Å². The van der Waals surface area contributed by atoms with Crippen molar-refractivity contribution in [2.24, 2.45) is 0 Å². The second-order valence-electron chi connectivity index (χ2n) is 2.10. The van der Waals surface area contributed by atoms with Crippen molar-refractivity contribution in [3.63, 3.8) is 0 Å². The van der Waals surface area contributed by atoms with Gasteiger partial charge in [0.15, 0.2) is 0 Å². The fourth-order valence-corrected chi connectivity index (χ4v) is 1.09. The van der Waals surface area contributed by atoms with Gasteiger partial charge < -0.3 is 4.55 Å². The van der Waals surface area contributed by atoms with Crippen molar-refractivity contribution >= 4 is 11.1 Å². The summed E-state index contributed by atoms with van der Waals surface area (Å²) in [5.41, 5.74) is 1.21. The molecule has 0 aromatic carbocycles. The van der Waals surface area contributed by atoms with Gasteiger partial charge in [-0.15, -0.1) is 0 Å². The van der Waals surface area contributed by atoms with Crippen LogP contribution in [0.3, 0.4) is 0 Å². The maximum Gasteiger partial charge on any atom is 0.0703 e. The number of aryl methyl sites for hydroxylation is 1. The Balaban J connectivity index is 2.79. The molecule has 1 heterocycles. The van der Waals surface area contributed by atoms with E-state index in [0.717, 1.165) is 5.69 Å². The number of hydrogen-bond donors (Lipinski definition) is 0. The van der Waals surface area contributed by atoms with Crippen LogP contribution in [-0.4, -0.2) is 18.7 Å². The molecule has 0 aliphatic heterocycles. The van der Waals surface area contributed by atoms with Crippen LogP contribution in [0.2, 0.25) is 0 Å². The fraction of sp³-hybridized carbons (Fsp3) is 0.333. The summed E-state index contributed by atoms with van der Waals surface area (Å²) in [6.45, 7) is 1.77. The van der Waals surface area contributed by atoms with Crippen LogP contribution in [0.4, 0.5) is 0 Å². The van der Waals surface area contributed by atoms with Crippen LogP contribution >= 0.6 is 0 Å². The lowest BCUT2D eigenvalue weighted by Crippen LogP contribution is -1.98. The zero-order valence-electron chi connectivity index (χ0n) is 5.98. The first-order valence-corrected chi connectivity index (χ1v) is 4.26. The molecule has 0 radical (unpaired) electrons. The molecule has 0 amide bonds. The van der Waals surface area contributed by atoms with Crippen LogP contribution in [-0.2, 0) is 16.8 Å². The average Bonchev–Trinajstić information content (AvgIpc) is 1.85. The Hall–Kier alpha value is -0.810. The van der Waals surface area contributed by atoms with E-state index in [-0.39, 0.29) is 5.75 Å². The molecule has 1 aromatic rings. The van der Waals surface area contributed by atoms with E-state index in [0.29, 0.717) is 5.69 Å². The lowest BCUT2D eigenvalue weighted by molar-refractivity contribution is 0.535. The molecule has 1 aromatic heterocycles. The first kappa shape index (κ1) is 8.29. The maximum atomic E-state index is 10.2. The normalized spacial score (nSPS) is 12.9. The molecule has 60 valence electrons. The molecule has 1 atom stereocenters. The Morgan fingerprint density at radius 2 is 2.36 bits per heavy atom. The van der Waals surface area contributed by atoms with Gasteiger partial charge in [-0.05, 0) is 18.0 Å². The standard InChI is InChI=1S/C6H8N2O2S/c1-5-2-7-3-6(8-5)4-11(9)10/h2-3H,4H2,1H3,(H,9,10)/p-1. The number of nitrogens with zero attached hydrogens (tertiary/aromatic N) is 2. The Labute approximate surface area is 67.0 Å². The van der Waals surface area contributed by atoms with Gasteiger partial charge in [0.2, 0.25) is 0 Å². The van der Waals surface area contributed by atoms with Gasteiger partial charge in [-0.25, -0.2) is 0 Å². The van der Waals surface area contributed by atoms with E-state index in [9.17, 15) is 8.76 Å². The molecule has 1 unspecified atom stereocenters. The summed E-state index contributed by atoms with van der Waals surface area (Å²) in [7, 11) is 0. The summed E-state index contributed by atoms with van der Waals surface area (Å²) >= 11 is -2.08. The third kappa shape index (κ3) is 2.73. The molecule has 0 N–H and O–H groups in total. The van der Waals surface area contributed by atoms with Crippen molar-refractivity contribution in [1.29, 1.82) is 0 Å². The van der Waals surface area contributed by atoms with Crippen molar-refractivity contribution in [2.75, 3.05) is 0 Å². The quantitative estimate of drug-likeness (QED) is 0.595. The van der Waals surface area contributed by atoms with E-state index >= 15 is 0 Å². The van der Waals surface area contributed by atoms with E-state index in [1.54, 1.807) is 13.1 Å². The summed E-state index contributed by atoms with van der Waals surface area (Å²) in [6.07, 6.45) is 3.03. The largest absolute Gasteiger partial charge is 0.772 e. The smallest absolute Gasteiger partial charge is 0.0703 e. The summed E-state index contributed by atoms with van der Waals surface area (Å²) < 4.78 is 20.4. The van der Waals surface area contributed by atoms with Gasteiger partial charge in [0, 0.05) is 12.4 Å². The minimum atomic E-state index is -2.08. The van der Waals surface area contributed by atoms with Gasteiger partial charge >= 0.3 is 0 Å². The molecule has 5 heteroatoms. The molecular formula is C6H7N2O2S-. The molecule has 0 bridgehead atoms. The van der Waals surface area contributed by atoms with Crippen LogP contribution in [0.25, 0.3) is 0 Å². The highest BCUT2D eigenvalue weighted by molar-refractivity contribution is 7.78. The predicted octanol–water partition coefficient (Wildman–Crippen LogP) is 0.164. The van der Waals surface area contributed by atoms with Gasteiger partial charge in [0.05, 0.1) is 17.1 Å². The van der Waals surface area contributed by atoms with Gasteiger partial charge in [-0.2, -0.15) is 0 Å². The van der Waals surface area contributed by atoms with E-state index in [4.69, 9.17) is 0 Å². The zero-order valence-corrected chi connectivity index (χ0v) is 6.80. The summed E-state index contributed by atoms with van der Waals surface area (Å²) in [5, 5.41) is 0. The van der Waals surface area contributed by atoms with Crippen molar-refractivity contribution < 1.29 is 8.76 Å². The molecule has 1 rings (SSSR count). The molecule has 0 fully saturated rings. The fourth-order valence-electron chi connectivity index (χ4n) is 0.706. The van der Waals surface area contributed by atoms with Crippen molar-refractivity contribution in [1.82, 2.24) is 9.97 Å². The number of aromatic nitrogens is 2. The topological polar surface area (TPSA) is 65.9 Å². The molecule has 0 saturated heterocycles. The van der Waals surface area contributed by atoms with Crippen LogP contribution < -0.4 is 0 Å². The molecule has 4 nitrogen and oxygen atoms in total. The zero-order chi connectivity index (χ0) is 8.27. The lowest BCUT2D eigenvalue weighted by Gasteiger charge is -2.03. The average molecular weight is 171 g/mol. The Bertz CT molecular complexity index is 277. The highest BCUT2D eigenvalue weighted by Crippen LogP contribution is 1.97. The van der Waals surface area contributed by atoms with Gasteiger partial charge in [0.1, 0.15) is 0 Å². The minimum Gasteiger partial charge on any atom is -0.772 e. The van der Waals surface area contributed by atoms with E-state index in [2.05, 4.69) is 9.97 Å². The van der Waals surface area contributed by atoms with Gasteiger partial charge in [-0.1, -0.05) is 0 Å². The SMILES string of the molecule is Cc1cncc(CS(=O)[O-])n1. The second kappa shape index (κ2) is 3.54. The van der Waals surface area contributed by atoms with Gasteiger partial charge in [0.25, 0.3) is 0 Å². The predicted molar refractivity (Wildman–Crippen MR) is 39.4 cm³/mol. The molecular weight excluding hydrogens is 164 g/mol. The Morgan fingerprint density at radius 1 is 1.64 bits per heavy atom. The lowest BCUT2D eigenvalue weighted by atomic mass is 10.4. The first-order valence-electron chi connectivity index (χ1n) is 3.02. The Kier molecular flexibility index (Phi) is 2.67. The first-order chi connectivity index (χ1) is 5.18. The second-order valence-corrected chi connectivity index (χ2v) is 3.00.